The summed E-state index contributed by atoms with van der Waals surface area (Å²) >= 11 is 0. The first-order chi connectivity index (χ1) is 10.2. The van der Waals surface area contributed by atoms with Crippen molar-refractivity contribution in [2.24, 2.45) is 0 Å². The zero-order chi connectivity index (χ0) is 15.2. The van der Waals surface area contributed by atoms with Crippen LogP contribution in [0.4, 0.5) is 4.39 Å². The van der Waals surface area contributed by atoms with Crippen molar-refractivity contribution in [3.8, 4) is 5.75 Å². The van der Waals surface area contributed by atoms with Crippen molar-refractivity contribution in [3.63, 3.8) is 0 Å². The summed E-state index contributed by atoms with van der Waals surface area (Å²) in [6, 6.07) is 14.0. The van der Waals surface area contributed by atoms with Crippen LogP contribution in [0.5, 0.6) is 5.75 Å². The van der Waals surface area contributed by atoms with Gasteiger partial charge in [-0.05, 0) is 18.6 Å². The predicted octanol–water partition coefficient (Wildman–Crippen LogP) is 3.22. The molecule has 1 unspecified atom stereocenters. The monoisotopic (exact) mass is 289 g/mol. The number of hydrogen-bond acceptors (Lipinski definition) is 3. The Morgan fingerprint density at radius 3 is 2.48 bits per heavy atom. The molecular formula is C17H20FNO2. The minimum atomic E-state index is -0.320. The average molecular weight is 289 g/mol. The molecule has 4 heteroatoms. The van der Waals surface area contributed by atoms with Gasteiger partial charge in [0, 0.05) is 17.7 Å². The second kappa shape index (κ2) is 7.20. The van der Waals surface area contributed by atoms with Crippen LogP contribution >= 0.6 is 0 Å². The van der Waals surface area contributed by atoms with Gasteiger partial charge < -0.3 is 15.2 Å². The van der Waals surface area contributed by atoms with E-state index in [9.17, 15) is 9.50 Å². The maximum absolute atomic E-state index is 14.1. The van der Waals surface area contributed by atoms with Crippen LogP contribution in [0.2, 0.25) is 0 Å². The Kier molecular flexibility index (Phi) is 5.31. The van der Waals surface area contributed by atoms with Gasteiger partial charge in [0.05, 0.1) is 19.8 Å². The van der Waals surface area contributed by atoms with Crippen molar-refractivity contribution < 1.29 is 14.2 Å². The van der Waals surface area contributed by atoms with E-state index < -0.39 is 0 Å². The lowest BCUT2D eigenvalue weighted by Gasteiger charge is -2.23. The van der Waals surface area contributed by atoms with E-state index in [2.05, 4.69) is 5.32 Å². The molecule has 3 nitrogen and oxygen atoms in total. The van der Waals surface area contributed by atoms with Crippen LogP contribution in [0.25, 0.3) is 0 Å². The number of hydrogen-bond donors (Lipinski definition) is 2. The van der Waals surface area contributed by atoms with Gasteiger partial charge in [-0.25, -0.2) is 4.39 Å². The lowest BCUT2D eigenvalue weighted by atomic mass is 10.0. The molecule has 0 heterocycles. The molecule has 0 aliphatic carbocycles. The first-order valence-electron chi connectivity index (χ1n) is 6.91. The van der Waals surface area contributed by atoms with E-state index in [4.69, 9.17) is 4.74 Å². The van der Waals surface area contributed by atoms with Crippen LogP contribution in [0.1, 0.15) is 30.1 Å². The molecule has 2 aromatic rings. The molecule has 2 aromatic carbocycles. The third-order valence-corrected chi connectivity index (χ3v) is 3.51. The van der Waals surface area contributed by atoms with E-state index in [1.807, 2.05) is 37.3 Å². The van der Waals surface area contributed by atoms with E-state index in [0.717, 1.165) is 5.56 Å². The number of benzene rings is 2. The first-order valence-corrected chi connectivity index (χ1v) is 6.91. The molecule has 0 aliphatic heterocycles. The molecule has 0 spiro atoms. The van der Waals surface area contributed by atoms with Crippen LogP contribution in [0.3, 0.4) is 0 Å². The zero-order valence-corrected chi connectivity index (χ0v) is 12.2. The Balaban J connectivity index is 2.14. The number of aliphatic hydroxyl groups excluding tert-OH is 1. The summed E-state index contributed by atoms with van der Waals surface area (Å²) in [5, 5.41) is 12.8. The summed E-state index contributed by atoms with van der Waals surface area (Å²) in [6.45, 7) is 1.82. The Labute approximate surface area is 124 Å². The van der Waals surface area contributed by atoms with Crippen molar-refractivity contribution in [1.82, 2.24) is 5.32 Å². The van der Waals surface area contributed by atoms with Crippen molar-refractivity contribution in [2.45, 2.75) is 19.0 Å². The number of halogens is 1. The summed E-state index contributed by atoms with van der Waals surface area (Å²) in [6.07, 6.45) is 0. The molecule has 0 radical (unpaired) electrons. The fourth-order valence-electron chi connectivity index (χ4n) is 2.32. The first kappa shape index (κ1) is 15.5. The van der Waals surface area contributed by atoms with E-state index in [1.165, 1.54) is 13.2 Å². The fourth-order valence-corrected chi connectivity index (χ4v) is 2.32. The Morgan fingerprint density at radius 1 is 1.19 bits per heavy atom. The van der Waals surface area contributed by atoms with Crippen LogP contribution < -0.4 is 10.1 Å². The van der Waals surface area contributed by atoms with Crippen molar-refractivity contribution >= 4 is 0 Å². The summed E-state index contributed by atoms with van der Waals surface area (Å²) in [5.74, 6) is 0.171. The molecule has 0 saturated heterocycles. The molecule has 0 amide bonds. The summed E-state index contributed by atoms with van der Waals surface area (Å²) < 4.78 is 19.1. The molecule has 0 fully saturated rings. The zero-order valence-electron chi connectivity index (χ0n) is 12.2. The van der Waals surface area contributed by atoms with Crippen molar-refractivity contribution in [2.75, 3.05) is 13.7 Å². The van der Waals surface area contributed by atoms with Gasteiger partial charge in [0.2, 0.25) is 0 Å². The highest BCUT2D eigenvalue weighted by Crippen LogP contribution is 2.24. The predicted molar refractivity (Wildman–Crippen MR) is 80.8 cm³/mol. The largest absolute Gasteiger partial charge is 0.497 e. The molecule has 2 atom stereocenters. The van der Waals surface area contributed by atoms with Crippen LogP contribution in [0, 0.1) is 5.82 Å². The van der Waals surface area contributed by atoms with Gasteiger partial charge in [-0.2, -0.15) is 0 Å². The summed E-state index contributed by atoms with van der Waals surface area (Å²) in [7, 11) is 1.51. The average Bonchev–Trinajstić information content (AvgIpc) is 2.53. The number of methoxy groups -OCH3 is 1. The summed E-state index contributed by atoms with van der Waals surface area (Å²) in [4.78, 5) is 0. The normalized spacial score (nSPS) is 13.7. The third kappa shape index (κ3) is 3.80. The minimum Gasteiger partial charge on any atom is -0.497 e. The second-order valence-corrected chi connectivity index (χ2v) is 4.92. The summed E-state index contributed by atoms with van der Waals surface area (Å²) in [5.41, 5.74) is 1.52. The third-order valence-electron chi connectivity index (χ3n) is 3.51. The highest BCUT2D eigenvalue weighted by molar-refractivity contribution is 5.31. The SMILES string of the molecule is COc1ccc(C(C)N[C@H](CO)c2ccccc2)c(F)c1. The lowest BCUT2D eigenvalue weighted by molar-refractivity contribution is 0.234. The van der Waals surface area contributed by atoms with Gasteiger partial charge >= 0.3 is 0 Å². The van der Waals surface area contributed by atoms with Gasteiger partial charge in [0.1, 0.15) is 11.6 Å². The molecule has 112 valence electrons. The molecule has 2 N–H and O–H groups in total. The Morgan fingerprint density at radius 2 is 1.90 bits per heavy atom. The number of nitrogens with one attached hydrogen (secondary N) is 1. The molecule has 21 heavy (non-hydrogen) atoms. The van der Waals surface area contributed by atoms with Crippen molar-refractivity contribution in [1.29, 1.82) is 0 Å². The number of aliphatic hydroxyl groups is 1. The molecule has 0 saturated carbocycles. The van der Waals surface area contributed by atoms with Gasteiger partial charge in [0.25, 0.3) is 0 Å². The molecule has 0 aromatic heterocycles. The van der Waals surface area contributed by atoms with Crippen LogP contribution in [-0.4, -0.2) is 18.8 Å². The molecule has 0 bridgehead atoms. The highest BCUT2D eigenvalue weighted by atomic mass is 19.1. The van der Waals surface area contributed by atoms with Gasteiger partial charge in [-0.3, -0.25) is 0 Å². The molecule has 0 aliphatic rings. The van der Waals surface area contributed by atoms with Gasteiger partial charge in [-0.15, -0.1) is 0 Å². The number of ether oxygens (including phenoxy) is 1. The Hall–Kier alpha value is -1.91. The van der Waals surface area contributed by atoms with E-state index in [1.54, 1.807) is 12.1 Å². The quantitative estimate of drug-likeness (QED) is 0.858. The molecule has 2 rings (SSSR count). The number of rotatable bonds is 6. The lowest BCUT2D eigenvalue weighted by Crippen LogP contribution is -2.27. The second-order valence-electron chi connectivity index (χ2n) is 4.92. The maximum Gasteiger partial charge on any atom is 0.131 e. The van der Waals surface area contributed by atoms with Gasteiger partial charge in [0.15, 0.2) is 0 Å². The van der Waals surface area contributed by atoms with Crippen LogP contribution in [0.15, 0.2) is 48.5 Å². The van der Waals surface area contributed by atoms with E-state index >= 15 is 0 Å². The van der Waals surface area contributed by atoms with E-state index in [-0.39, 0.29) is 24.5 Å². The van der Waals surface area contributed by atoms with Crippen molar-refractivity contribution in [3.05, 3.63) is 65.5 Å². The minimum absolute atomic E-state index is 0.0495. The van der Waals surface area contributed by atoms with Gasteiger partial charge in [-0.1, -0.05) is 36.4 Å². The Bertz CT molecular complexity index is 574. The topological polar surface area (TPSA) is 41.5 Å². The fraction of sp³-hybridized carbons (Fsp3) is 0.294. The highest BCUT2D eigenvalue weighted by Gasteiger charge is 2.17. The standard InChI is InChI=1S/C17H20FNO2/c1-12(15-9-8-14(21-2)10-16(15)18)19-17(11-20)13-6-4-3-5-7-13/h3-10,12,17,19-20H,11H2,1-2H3/t12?,17-/m1/s1. The molecular weight excluding hydrogens is 269 g/mol. The van der Waals surface area contributed by atoms with E-state index in [0.29, 0.717) is 11.3 Å². The maximum atomic E-state index is 14.1. The van der Waals surface area contributed by atoms with Crippen LogP contribution in [-0.2, 0) is 0 Å². The smallest absolute Gasteiger partial charge is 0.131 e.